The van der Waals surface area contributed by atoms with Crippen molar-refractivity contribution in [1.29, 1.82) is 5.26 Å². The summed E-state index contributed by atoms with van der Waals surface area (Å²) in [5, 5.41) is 9.37. The van der Waals surface area contributed by atoms with E-state index >= 15 is 0 Å². The monoisotopic (exact) mass is 196 g/mol. The summed E-state index contributed by atoms with van der Waals surface area (Å²) >= 11 is 0. The van der Waals surface area contributed by atoms with Crippen LogP contribution in [0.25, 0.3) is 0 Å². The molecule has 0 aromatic heterocycles. The molecule has 1 atom stereocenters. The van der Waals surface area contributed by atoms with Gasteiger partial charge in [-0.3, -0.25) is 4.90 Å². The summed E-state index contributed by atoms with van der Waals surface area (Å²) in [7, 11) is 0. The second kappa shape index (κ2) is 4.77. The smallest absolute Gasteiger partial charge is 0.111 e. The van der Waals surface area contributed by atoms with Crippen LogP contribution in [0.1, 0.15) is 27.2 Å². The first-order valence-corrected chi connectivity index (χ1v) is 5.41. The number of nitriles is 1. The van der Waals surface area contributed by atoms with Gasteiger partial charge in [-0.15, -0.1) is 0 Å². The third-order valence-electron chi connectivity index (χ3n) is 3.26. The van der Waals surface area contributed by atoms with E-state index in [-0.39, 0.29) is 5.54 Å². The number of ether oxygens (including phenoxy) is 1. The molecule has 1 saturated heterocycles. The molecule has 0 saturated carbocycles. The van der Waals surface area contributed by atoms with E-state index in [1.165, 1.54) is 0 Å². The molecule has 0 spiro atoms. The molecular weight excluding hydrogens is 176 g/mol. The number of nitrogens with zero attached hydrogens (tertiary/aromatic N) is 2. The summed E-state index contributed by atoms with van der Waals surface area (Å²) in [6.45, 7) is 9.65. The zero-order chi connectivity index (χ0) is 10.6. The van der Waals surface area contributed by atoms with Crippen molar-refractivity contribution in [3.05, 3.63) is 0 Å². The van der Waals surface area contributed by atoms with E-state index in [1.807, 2.05) is 0 Å². The molecule has 0 aromatic rings. The minimum absolute atomic E-state index is 0.288. The Morgan fingerprint density at radius 2 is 2.00 bits per heavy atom. The van der Waals surface area contributed by atoms with Crippen LogP contribution in [0.3, 0.4) is 0 Å². The van der Waals surface area contributed by atoms with Gasteiger partial charge in [0.15, 0.2) is 0 Å². The van der Waals surface area contributed by atoms with Gasteiger partial charge in [0.1, 0.15) is 5.54 Å². The maximum atomic E-state index is 9.37. The van der Waals surface area contributed by atoms with Gasteiger partial charge in [0, 0.05) is 13.1 Å². The fourth-order valence-corrected chi connectivity index (χ4v) is 2.24. The maximum absolute atomic E-state index is 9.37. The Bertz CT molecular complexity index is 216. The Balaban J connectivity index is 2.80. The van der Waals surface area contributed by atoms with Gasteiger partial charge < -0.3 is 4.74 Å². The predicted octanol–water partition coefficient (Wildman–Crippen LogP) is 1.65. The van der Waals surface area contributed by atoms with Crippen molar-refractivity contribution in [2.45, 2.75) is 32.7 Å². The minimum atomic E-state index is -0.288. The van der Waals surface area contributed by atoms with Crippen LogP contribution in [0, 0.1) is 17.2 Å². The van der Waals surface area contributed by atoms with E-state index in [4.69, 9.17) is 4.74 Å². The summed E-state index contributed by atoms with van der Waals surface area (Å²) in [5.41, 5.74) is -0.288. The van der Waals surface area contributed by atoms with Crippen molar-refractivity contribution in [3.63, 3.8) is 0 Å². The highest BCUT2D eigenvalue weighted by atomic mass is 16.5. The lowest BCUT2D eigenvalue weighted by atomic mass is 9.83. The molecule has 1 unspecified atom stereocenters. The summed E-state index contributed by atoms with van der Waals surface area (Å²) in [5.74, 6) is 0.371. The van der Waals surface area contributed by atoms with Crippen LogP contribution >= 0.6 is 0 Å². The average Bonchev–Trinajstić information content (AvgIpc) is 2.22. The molecule has 1 heterocycles. The van der Waals surface area contributed by atoms with Crippen molar-refractivity contribution in [3.8, 4) is 6.07 Å². The molecule has 1 aliphatic rings. The molecule has 1 fully saturated rings. The molecule has 0 N–H and O–H groups in total. The largest absolute Gasteiger partial charge is 0.379 e. The van der Waals surface area contributed by atoms with Crippen LogP contribution in [0.2, 0.25) is 0 Å². The second-order valence-corrected chi connectivity index (χ2v) is 4.14. The van der Waals surface area contributed by atoms with Crippen molar-refractivity contribution < 1.29 is 4.74 Å². The van der Waals surface area contributed by atoms with Gasteiger partial charge in [0.05, 0.1) is 19.3 Å². The Morgan fingerprint density at radius 1 is 1.43 bits per heavy atom. The van der Waals surface area contributed by atoms with Gasteiger partial charge in [-0.1, -0.05) is 20.8 Å². The van der Waals surface area contributed by atoms with Gasteiger partial charge in [-0.25, -0.2) is 0 Å². The third kappa shape index (κ3) is 1.92. The third-order valence-corrected chi connectivity index (χ3v) is 3.26. The molecule has 14 heavy (non-hydrogen) atoms. The van der Waals surface area contributed by atoms with E-state index in [0.29, 0.717) is 5.92 Å². The molecule has 0 radical (unpaired) electrons. The Labute approximate surface area is 86.6 Å². The number of morpholine rings is 1. The van der Waals surface area contributed by atoms with Crippen molar-refractivity contribution >= 4 is 0 Å². The van der Waals surface area contributed by atoms with Crippen LogP contribution < -0.4 is 0 Å². The van der Waals surface area contributed by atoms with Gasteiger partial charge in [-0.05, 0) is 12.3 Å². The average molecular weight is 196 g/mol. The first-order chi connectivity index (χ1) is 6.67. The van der Waals surface area contributed by atoms with Gasteiger partial charge >= 0.3 is 0 Å². The minimum Gasteiger partial charge on any atom is -0.379 e. The van der Waals surface area contributed by atoms with Crippen LogP contribution in [-0.2, 0) is 4.74 Å². The molecule has 1 aliphatic heterocycles. The van der Waals surface area contributed by atoms with E-state index in [2.05, 4.69) is 31.7 Å². The van der Waals surface area contributed by atoms with Crippen LogP contribution in [0.5, 0.6) is 0 Å². The van der Waals surface area contributed by atoms with Crippen molar-refractivity contribution in [1.82, 2.24) is 4.90 Å². The lowest BCUT2D eigenvalue weighted by Gasteiger charge is -2.43. The Morgan fingerprint density at radius 3 is 2.36 bits per heavy atom. The SMILES string of the molecule is CCC(C#N)(C(C)C)N1CCOCC1. The van der Waals surface area contributed by atoms with Crippen LogP contribution in [0.15, 0.2) is 0 Å². The quantitative estimate of drug-likeness (QED) is 0.688. The molecule has 0 aliphatic carbocycles. The summed E-state index contributed by atoms with van der Waals surface area (Å²) < 4.78 is 5.31. The van der Waals surface area contributed by atoms with Gasteiger partial charge in [0.25, 0.3) is 0 Å². The highest BCUT2D eigenvalue weighted by molar-refractivity contribution is 5.10. The molecule has 0 bridgehead atoms. The zero-order valence-electron chi connectivity index (χ0n) is 9.42. The van der Waals surface area contributed by atoms with E-state index < -0.39 is 0 Å². The Hall–Kier alpha value is -0.590. The summed E-state index contributed by atoms with van der Waals surface area (Å²) in [6, 6.07) is 2.50. The van der Waals surface area contributed by atoms with Crippen LogP contribution in [-0.4, -0.2) is 36.7 Å². The highest BCUT2D eigenvalue weighted by Gasteiger charge is 2.38. The molecule has 1 rings (SSSR count). The fourth-order valence-electron chi connectivity index (χ4n) is 2.24. The topological polar surface area (TPSA) is 36.3 Å². The Kier molecular flexibility index (Phi) is 3.91. The van der Waals surface area contributed by atoms with Gasteiger partial charge in [-0.2, -0.15) is 5.26 Å². The van der Waals surface area contributed by atoms with Crippen molar-refractivity contribution in [2.75, 3.05) is 26.3 Å². The lowest BCUT2D eigenvalue weighted by Crippen LogP contribution is -2.55. The van der Waals surface area contributed by atoms with E-state index in [0.717, 1.165) is 32.7 Å². The zero-order valence-corrected chi connectivity index (χ0v) is 9.42. The molecule has 0 amide bonds. The molecule has 3 heteroatoms. The standard InChI is InChI=1S/C11H20N2O/c1-4-11(9-12,10(2)3)13-5-7-14-8-6-13/h10H,4-8H2,1-3H3. The number of hydrogen-bond acceptors (Lipinski definition) is 3. The highest BCUT2D eigenvalue weighted by Crippen LogP contribution is 2.28. The van der Waals surface area contributed by atoms with Gasteiger partial charge in [0.2, 0.25) is 0 Å². The first-order valence-electron chi connectivity index (χ1n) is 5.41. The fraction of sp³-hybridized carbons (Fsp3) is 0.909. The van der Waals surface area contributed by atoms with E-state index in [1.54, 1.807) is 0 Å². The molecular formula is C11H20N2O. The first kappa shape index (κ1) is 11.5. The molecule has 0 aromatic carbocycles. The van der Waals surface area contributed by atoms with Crippen molar-refractivity contribution in [2.24, 2.45) is 5.92 Å². The maximum Gasteiger partial charge on any atom is 0.111 e. The normalized spacial score (nSPS) is 23.1. The lowest BCUT2D eigenvalue weighted by molar-refractivity contribution is -0.0196. The second-order valence-electron chi connectivity index (χ2n) is 4.14. The number of hydrogen-bond donors (Lipinski definition) is 0. The number of rotatable bonds is 3. The van der Waals surface area contributed by atoms with Crippen LogP contribution in [0.4, 0.5) is 0 Å². The summed E-state index contributed by atoms with van der Waals surface area (Å²) in [6.07, 6.45) is 0.890. The molecule has 3 nitrogen and oxygen atoms in total. The molecule has 80 valence electrons. The van der Waals surface area contributed by atoms with E-state index in [9.17, 15) is 5.26 Å². The summed E-state index contributed by atoms with van der Waals surface area (Å²) in [4.78, 5) is 2.28. The predicted molar refractivity (Wildman–Crippen MR) is 55.9 cm³/mol.